The van der Waals surface area contributed by atoms with E-state index >= 15 is 0 Å². The summed E-state index contributed by atoms with van der Waals surface area (Å²) in [6.45, 7) is 1.58. The smallest absolute Gasteiger partial charge is 0.352 e. The fourth-order valence-corrected chi connectivity index (χ4v) is 2.69. The summed E-state index contributed by atoms with van der Waals surface area (Å²) < 4.78 is 39.7. The zero-order valence-corrected chi connectivity index (χ0v) is 11.3. The zero-order chi connectivity index (χ0) is 14.9. The van der Waals surface area contributed by atoms with Crippen molar-refractivity contribution in [1.82, 2.24) is 14.5 Å². The van der Waals surface area contributed by atoms with E-state index in [1.807, 2.05) is 10.8 Å². The van der Waals surface area contributed by atoms with Crippen molar-refractivity contribution in [2.45, 2.75) is 31.6 Å². The van der Waals surface area contributed by atoms with Gasteiger partial charge in [-0.1, -0.05) is 0 Å². The van der Waals surface area contributed by atoms with Crippen molar-refractivity contribution >= 4 is 5.82 Å². The molecule has 0 saturated carbocycles. The molecule has 21 heavy (non-hydrogen) atoms. The summed E-state index contributed by atoms with van der Waals surface area (Å²) in [7, 11) is 0. The Balaban J connectivity index is 1.75. The van der Waals surface area contributed by atoms with Crippen LogP contribution in [0.15, 0.2) is 37.1 Å². The molecule has 112 valence electrons. The normalized spacial score (nSPS) is 19.2. The molecule has 3 heterocycles. The number of aromatic nitrogens is 3. The second kappa shape index (κ2) is 5.38. The molecule has 3 rings (SSSR count). The molecule has 0 radical (unpaired) electrons. The Morgan fingerprint density at radius 2 is 2.14 bits per heavy atom. The number of anilines is 1. The van der Waals surface area contributed by atoms with Crippen LogP contribution in [0.25, 0.3) is 0 Å². The van der Waals surface area contributed by atoms with Gasteiger partial charge in [-0.3, -0.25) is 0 Å². The summed E-state index contributed by atoms with van der Waals surface area (Å²) in [5.74, 6) is 0.602. The van der Waals surface area contributed by atoms with E-state index in [2.05, 4.69) is 14.9 Å². The average Bonchev–Trinajstić information content (AvgIpc) is 3.10. The Bertz CT molecular complexity index is 577. The molecular formula is C14H15F3N4. The summed E-state index contributed by atoms with van der Waals surface area (Å²) in [5.41, 5.74) is -0.711. The number of hydrogen-bond acceptors (Lipinski definition) is 3. The third-order valence-corrected chi connectivity index (χ3v) is 3.73. The standard InChI is InChI=1S/C14H15F3N4/c15-14(16,17)11-3-4-13(19-8-11)21-6-1-2-12(21)9-20-7-5-18-10-20/h3-5,7-8,10,12H,1-2,6,9H2/t12-/m0/s1. The monoisotopic (exact) mass is 296 g/mol. The number of pyridine rings is 1. The average molecular weight is 296 g/mol. The van der Waals surface area contributed by atoms with Crippen LogP contribution in [0.1, 0.15) is 18.4 Å². The molecule has 1 aliphatic heterocycles. The van der Waals surface area contributed by atoms with E-state index in [9.17, 15) is 13.2 Å². The van der Waals surface area contributed by atoms with E-state index in [1.54, 1.807) is 12.5 Å². The molecule has 0 aliphatic carbocycles. The molecule has 0 spiro atoms. The predicted molar refractivity (Wildman–Crippen MR) is 71.8 cm³/mol. The van der Waals surface area contributed by atoms with E-state index in [4.69, 9.17) is 0 Å². The van der Waals surface area contributed by atoms with E-state index in [-0.39, 0.29) is 6.04 Å². The van der Waals surface area contributed by atoms with Crippen LogP contribution < -0.4 is 4.90 Å². The lowest BCUT2D eigenvalue weighted by Gasteiger charge is -2.26. The van der Waals surface area contributed by atoms with Gasteiger partial charge < -0.3 is 9.47 Å². The van der Waals surface area contributed by atoms with Gasteiger partial charge in [-0.25, -0.2) is 9.97 Å². The molecule has 0 amide bonds. The Morgan fingerprint density at radius 3 is 2.76 bits per heavy atom. The van der Waals surface area contributed by atoms with Crippen LogP contribution in [0, 0.1) is 0 Å². The number of alkyl halides is 3. The van der Waals surface area contributed by atoms with Gasteiger partial charge in [-0.15, -0.1) is 0 Å². The summed E-state index contributed by atoms with van der Waals surface area (Å²) in [6.07, 6.45) is 3.93. The van der Waals surface area contributed by atoms with Crippen LogP contribution in [-0.2, 0) is 12.7 Å². The lowest BCUT2D eigenvalue weighted by Crippen LogP contribution is -2.33. The summed E-state index contributed by atoms with van der Waals surface area (Å²) in [4.78, 5) is 10.1. The summed E-state index contributed by atoms with van der Waals surface area (Å²) in [6, 6.07) is 2.78. The lowest BCUT2D eigenvalue weighted by atomic mass is 10.2. The molecule has 1 saturated heterocycles. The van der Waals surface area contributed by atoms with Gasteiger partial charge in [-0.05, 0) is 25.0 Å². The molecule has 1 atom stereocenters. The maximum Gasteiger partial charge on any atom is 0.417 e. The fourth-order valence-electron chi connectivity index (χ4n) is 2.69. The van der Waals surface area contributed by atoms with Crippen molar-refractivity contribution in [3.8, 4) is 0 Å². The largest absolute Gasteiger partial charge is 0.417 e. The molecule has 1 fully saturated rings. The first kappa shape index (κ1) is 13.9. The van der Waals surface area contributed by atoms with Gasteiger partial charge in [0.25, 0.3) is 0 Å². The highest BCUT2D eigenvalue weighted by Crippen LogP contribution is 2.31. The summed E-state index contributed by atoms with van der Waals surface area (Å²) >= 11 is 0. The van der Waals surface area contributed by atoms with Gasteiger partial charge >= 0.3 is 6.18 Å². The van der Waals surface area contributed by atoms with Crippen LogP contribution in [-0.4, -0.2) is 27.1 Å². The quantitative estimate of drug-likeness (QED) is 0.873. The van der Waals surface area contributed by atoms with Crippen LogP contribution in [0.3, 0.4) is 0 Å². The lowest BCUT2D eigenvalue weighted by molar-refractivity contribution is -0.137. The first-order valence-corrected chi connectivity index (χ1v) is 6.79. The SMILES string of the molecule is FC(F)(F)c1ccc(N2CCC[C@H]2Cn2ccnc2)nc1. The second-order valence-electron chi connectivity index (χ2n) is 5.15. The minimum absolute atomic E-state index is 0.239. The Kier molecular flexibility index (Phi) is 3.57. The first-order chi connectivity index (χ1) is 10.0. The topological polar surface area (TPSA) is 34.0 Å². The number of nitrogens with zero attached hydrogens (tertiary/aromatic N) is 4. The van der Waals surface area contributed by atoms with Crippen LogP contribution in [0.2, 0.25) is 0 Å². The van der Waals surface area contributed by atoms with Gasteiger partial charge in [0.05, 0.1) is 11.9 Å². The Morgan fingerprint density at radius 1 is 1.29 bits per heavy atom. The molecule has 2 aromatic rings. The van der Waals surface area contributed by atoms with Crippen molar-refractivity contribution in [2.24, 2.45) is 0 Å². The summed E-state index contributed by atoms with van der Waals surface area (Å²) in [5, 5.41) is 0. The van der Waals surface area contributed by atoms with Crippen LogP contribution >= 0.6 is 0 Å². The molecular weight excluding hydrogens is 281 g/mol. The van der Waals surface area contributed by atoms with Gasteiger partial charge in [0.15, 0.2) is 0 Å². The van der Waals surface area contributed by atoms with E-state index in [0.29, 0.717) is 5.82 Å². The first-order valence-electron chi connectivity index (χ1n) is 6.79. The van der Waals surface area contributed by atoms with Gasteiger partial charge in [0.1, 0.15) is 5.82 Å². The predicted octanol–water partition coefficient (Wildman–Crippen LogP) is 2.97. The van der Waals surface area contributed by atoms with Gasteiger partial charge in [-0.2, -0.15) is 13.2 Å². The minimum Gasteiger partial charge on any atom is -0.352 e. The maximum atomic E-state index is 12.6. The zero-order valence-electron chi connectivity index (χ0n) is 11.3. The van der Waals surface area contributed by atoms with E-state index in [0.717, 1.165) is 38.2 Å². The highest BCUT2D eigenvalue weighted by Gasteiger charge is 2.32. The van der Waals surface area contributed by atoms with Crippen LogP contribution in [0.4, 0.5) is 19.0 Å². The van der Waals surface area contributed by atoms with Gasteiger partial charge in [0.2, 0.25) is 0 Å². The van der Waals surface area contributed by atoms with Crippen molar-refractivity contribution in [2.75, 3.05) is 11.4 Å². The highest BCUT2D eigenvalue weighted by molar-refractivity contribution is 5.42. The van der Waals surface area contributed by atoms with Crippen molar-refractivity contribution in [3.05, 3.63) is 42.6 Å². The van der Waals surface area contributed by atoms with Crippen molar-refractivity contribution in [3.63, 3.8) is 0 Å². The number of imidazole rings is 1. The fraction of sp³-hybridized carbons (Fsp3) is 0.429. The molecule has 1 aliphatic rings. The number of hydrogen-bond donors (Lipinski definition) is 0. The molecule has 0 aromatic carbocycles. The Labute approximate surface area is 120 Å². The molecule has 0 unspecified atom stereocenters. The molecule has 0 bridgehead atoms. The van der Waals surface area contributed by atoms with E-state index < -0.39 is 11.7 Å². The number of rotatable bonds is 3. The minimum atomic E-state index is -4.34. The van der Waals surface area contributed by atoms with Crippen molar-refractivity contribution < 1.29 is 13.2 Å². The van der Waals surface area contributed by atoms with E-state index in [1.165, 1.54) is 6.07 Å². The number of halogens is 3. The molecule has 4 nitrogen and oxygen atoms in total. The van der Waals surface area contributed by atoms with Crippen molar-refractivity contribution in [1.29, 1.82) is 0 Å². The third kappa shape index (κ3) is 3.01. The third-order valence-electron chi connectivity index (χ3n) is 3.73. The molecule has 2 aromatic heterocycles. The molecule has 7 heteroatoms. The highest BCUT2D eigenvalue weighted by atomic mass is 19.4. The maximum absolute atomic E-state index is 12.6. The van der Waals surface area contributed by atoms with Crippen LogP contribution in [0.5, 0.6) is 0 Å². The van der Waals surface area contributed by atoms with Gasteiger partial charge in [0, 0.05) is 37.7 Å². The Hall–Kier alpha value is -2.05. The second-order valence-corrected chi connectivity index (χ2v) is 5.15. The molecule has 0 N–H and O–H groups in total.